The smallest absolute Gasteiger partial charge is 0.257 e. The molecule has 1 amide bonds. The number of hydrogen-bond acceptors (Lipinski definition) is 3. The number of benzene rings is 1. The molecular formula is C18H22Cl2N4O. The van der Waals surface area contributed by atoms with Gasteiger partial charge in [0.05, 0.1) is 11.3 Å². The second-order valence-electron chi connectivity index (χ2n) is 6.29. The quantitative estimate of drug-likeness (QED) is 0.815. The minimum atomic E-state index is 0.0707. The molecule has 25 heavy (non-hydrogen) atoms. The van der Waals surface area contributed by atoms with Crippen LogP contribution < -0.4 is 0 Å². The summed E-state index contributed by atoms with van der Waals surface area (Å²) in [6.07, 6.45) is 1.84. The van der Waals surface area contributed by atoms with E-state index in [1.54, 1.807) is 10.7 Å². The van der Waals surface area contributed by atoms with Crippen LogP contribution in [0.3, 0.4) is 0 Å². The molecule has 1 aromatic carbocycles. The lowest BCUT2D eigenvalue weighted by atomic mass is 10.1. The van der Waals surface area contributed by atoms with Gasteiger partial charge in [-0.2, -0.15) is 5.10 Å². The summed E-state index contributed by atoms with van der Waals surface area (Å²) in [5.41, 5.74) is 2.56. The van der Waals surface area contributed by atoms with E-state index in [9.17, 15) is 4.79 Å². The molecule has 0 aliphatic carbocycles. The Labute approximate surface area is 158 Å². The van der Waals surface area contributed by atoms with Crippen molar-refractivity contribution in [2.75, 3.05) is 26.2 Å². The number of rotatable bonds is 4. The average Bonchev–Trinajstić information content (AvgIpc) is 2.98. The Hall–Kier alpha value is -1.56. The molecule has 0 atom stereocenters. The van der Waals surface area contributed by atoms with E-state index in [0.717, 1.165) is 37.4 Å². The van der Waals surface area contributed by atoms with Crippen molar-refractivity contribution in [2.24, 2.45) is 0 Å². The summed E-state index contributed by atoms with van der Waals surface area (Å²) >= 11 is 12.2. The fourth-order valence-electron chi connectivity index (χ4n) is 3.06. The Kier molecular flexibility index (Phi) is 5.67. The van der Waals surface area contributed by atoms with Gasteiger partial charge in [0.25, 0.3) is 5.91 Å². The minimum Gasteiger partial charge on any atom is -0.336 e. The van der Waals surface area contributed by atoms with E-state index in [1.807, 2.05) is 37.1 Å². The summed E-state index contributed by atoms with van der Waals surface area (Å²) in [6.45, 7) is 8.51. The first-order valence-corrected chi connectivity index (χ1v) is 9.23. The van der Waals surface area contributed by atoms with E-state index in [-0.39, 0.29) is 5.91 Å². The molecule has 0 saturated carbocycles. The molecule has 3 rings (SSSR count). The highest BCUT2D eigenvalue weighted by Gasteiger charge is 2.24. The number of amides is 1. The lowest BCUT2D eigenvalue weighted by molar-refractivity contribution is 0.0627. The third kappa shape index (κ3) is 4.17. The number of carbonyl (C=O) groups excluding carboxylic acids is 1. The topological polar surface area (TPSA) is 41.4 Å². The molecule has 5 nitrogen and oxygen atoms in total. The van der Waals surface area contributed by atoms with Crippen molar-refractivity contribution in [3.05, 3.63) is 51.3 Å². The zero-order valence-corrected chi connectivity index (χ0v) is 16.0. The average molecular weight is 381 g/mol. The van der Waals surface area contributed by atoms with Crippen LogP contribution in [0.5, 0.6) is 0 Å². The van der Waals surface area contributed by atoms with Crippen molar-refractivity contribution in [1.82, 2.24) is 19.6 Å². The highest BCUT2D eigenvalue weighted by atomic mass is 35.5. The van der Waals surface area contributed by atoms with E-state index in [1.165, 1.54) is 0 Å². The summed E-state index contributed by atoms with van der Waals surface area (Å²) in [5, 5.41) is 5.70. The zero-order chi connectivity index (χ0) is 18.0. The Morgan fingerprint density at radius 3 is 2.52 bits per heavy atom. The van der Waals surface area contributed by atoms with Crippen molar-refractivity contribution >= 4 is 29.1 Å². The van der Waals surface area contributed by atoms with Crippen LogP contribution in [0.15, 0.2) is 24.4 Å². The maximum absolute atomic E-state index is 12.7. The highest BCUT2D eigenvalue weighted by Crippen LogP contribution is 2.23. The van der Waals surface area contributed by atoms with Crippen LogP contribution in [0, 0.1) is 6.92 Å². The molecule has 1 saturated heterocycles. The molecule has 0 bridgehead atoms. The van der Waals surface area contributed by atoms with Gasteiger partial charge in [-0.15, -0.1) is 0 Å². The van der Waals surface area contributed by atoms with Crippen molar-refractivity contribution in [1.29, 1.82) is 0 Å². The summed E-state index contributed by atoms with van der Waals surface area (Å²) in [7, 11) is 0. The van der Waals surface area contributed by atoms with E-state index < -0.39 is 0 Å². The molecule has 2 heterocycles. The number of aryl methyl sites for hydroxylation is 2. The summed E-state index contributed by atoms with van der Waals surface area (Å²) in [5.74, 6) is 0.0707. The number of carbonyl (C=O) groups is 1. The largest absolute Gasteiger partial charge is 0.336 e. The van der Waals surface area contributed by atoms with E-state index >= 15 is 0 Å². The third-order valence-electron chi connectivity index (χ3n) is 4.57. The van der Waals surface area contributed by atoms with Crippen molar-refractivity contribution in [3.63, 3.8) is 0 Å². The lowest BCUT2D eigenvalue weighted by Gasteiger charge is -2.34. The first-order valence-electron chi connectivity index (χ1n) is 8.47. The number of halogens is 2. The molecule has 1 aliphatic heterocycles. The van der Waals surface area contributed by atoms with Crippen LogP contribution >= 0.6 is 23.2 Å². The van der Waals surface area contributed by atoms with E-state index in [2.05, 4.69) is 10.00 Å². The monoisotopic (exact) mass is 380 g/mol. The highest BCUT2D eigenvalue weighted by molar-refractivity contribution is 6.35. The molecule has 1 aliphatic rings. The second-order valence-corrected chi connectivity index (χ2v) is 7.13. The van der Waals surface area contributed by atoms with Gasteiger partial charge in [-0.3, -0.25) is 14.4 Å². The van der Waals surface area contributed by atoms with Crippen LogP contribution in [0.2, 0.25) is 10.0 Å². The van der Waals surface area contributed by atoms with Crippen molar-refractivity contribution < 1.29 is 4.79 Å². The predicted octanol–water partition coefficient (Wildman–Crippen LogP) is 3.48. The zero-order valence-electron chi connectivity index (χ0n) is 14.5. The molecule has 0 unspecified atom stereocenters. The maximum atomic E-state index is 12.7. The molecule has 1 aromatic heterocycles. The van der Waals surface area contributed by atoms with Crippen molar-refractivity contribution in [3.8, 4) is 0 Å². The van der Waals surface area contributed by atoms with Gasteiger partial charge in [0.2, 0.25) is 0 Å². The fourth-order valence-corrected chi connectivity index (χ4v) is 3.53. The second kappa shape index (κ2) is 7.77. The first-order chi connectivity index (χ1) is 12.0. The van der Waals surface area contributed by atoms with Gasteiger partial charge >= 0.3 is 0 Å². The normalized spacial score (nSPS) is 15.6. The number of hydrogen-bond donors (Lipinski definition) is 0. The molecule has 134 valence electrons. The van der Waals surface area contributed by atoms with Crippen LogP contribution in [0.4, 0.5) is 0 Å². The molecule has 0 spiro atoms. The first kappa shape index (κ1) is 18.2. The van der Waals surface area contributed by atoms with Crippen LogP contribution in [0.1, 0.15) is 28.5 Å². The van der Waals surface area contributed by atoms with E-state index in [0.29, 0.717) is 28.7 Å². The number of nitrogens with zero attached hydrogens (tertiary/aromatic N) is 4. The Balaban J connectivity index is 1.59. The summed E-state index contributed by atoms with van der Waals surface area (Å²) < 4.78 is 1.81. The number of piperazine rings is 1. The standard InChI is InChI=1S/C18H22Cl2N4O/c1-3-24-12-16(13(2)21-24)18(25)23-8-6-22(7-9-23)11-14-4-5-15(19)10-17(14)20/h4-5,10,12H,3,6-9,11H2,1-2H3. The summed E-state index contributed by atoms with van der Waals surface area (Å²) in [6, 6.07) is 5.59. The van der Waals surface area contributed by atoms with Crippen LogP contribution in [-0.2, 0) is 13.1 Å². The van der Waals surface area contributed by atoms with Gasteiger partial charge in [-0.1, -0.05) is 29.3 Å². The van der Waals surface area contributed by atoms with Gasteiger partial charge in [0.15, 0.2) is 0 Å². The predicted molar refractivity (Wildman–Crippen MR) is 100 cm³/mol. The fraction of sp³-hybridized carbons (Fsp3) is 0.444. The molecule has 0 radical (unpaired) electrons. The molecule has 0 N–H and O–H groups in total. The maximum Gasteiger partial charge on any atom is 0.257 e. The SMILES string of the molecule is CCn1cc(C(=O)N2CCN(Cc3ccc(Cl)cc3Cl)CC2)c(C)n1. The van der Waals surface area contributed by atoms with Gasteiger partial charge in [0.1, 0.15) is 0 Å². The Bertz CT molecular complexity index is 766. The third-order valence-corrected chi connectivity index (χ3v) is 5.16. The molecule has 1 fully saturated rings. The number of aromatic nitrogens is 2. The minimum absolute atomic E-state index is 0.0707. The van der Waals surface area contributed by atoms with Gasteiger partial charge in [-0.05, 0) is 31.5 Å². The lowest BCUT2D eigenvalue weighted by Crippen LogP contribution is -2.48. The van der Waals surface area contributed by atoms with Gasteiger partial charge in [0, 0.05) is 55.5 Å². The Morgan fingerprint density at radius 1 is 1.20 bits per heavy atom. The van der Waals surface area contributed by atoms with E-state index in [4.69, 9.17) is 23.2 Å². The van der Waals surface area contributed by atoms with Crippen LogP contribution in [-0.4, -0.2) is 51.7 Å². The molecule has 2 aromatic rings. The van der Waals surface area contributed by atoms with Gasteiger partial charge in [-0.25, -0.2) is 0 Å². The van der Waals surface area contributed by atoms with Crippen LogP contribution in [0.25, 0.3) is 0 Å². The molecular weight excluding hydrogens is 359 g/mol. The molecule has 7 heteroatoms. The van der Waals surface area contributed by atoms with Crippen molar-refractivity contribution in [2.45, 2.75) is 26.9 Å². The Morgan fingerprint density at radius 2 is 1.92 bits per heavy atom. The van der Waals surface area contributed by atoms with Gasteiger partial charge < -0.3 is 4.90 Å². The summed E-state index contributed by atoms with van der Waals surface area (Å²) in [4.78, 5) is 16.9.